The molecule has 0 aliphatic carbocycles. The second-order valence-electron chi connectivity index (χ2n) is 4.95. The second-order valence-corrected chi connectivity index (χ2v) is 5.81. The SMILES string of the molecule is Fc1ccc(-c2csc(-c3cncc4ccccc34)n2)cc1. The molecule has 0 spiro atoms. The molecule has 2 aromatic heterocycles. The van der Waals surface area contributed by atoms with Gasteiger partial charge in [-0.2, -0.15) is 0 Å². The van der Waals surface area contributed by atoms with E-state index in [0.717, 1.165) is 32.6 Å². The molecule has 0 saturated heterocycles. The van der Waals surface area contributed by atoms with Gasteiger partial charge in [-0.1, -0.05) is 24.3 Å². The van der Waals surface area contributed by atoms with Crippen molar-refractivity contribution in [2.75, 3.05) is 0 Å². The summed E-state index contributed by atoms with van der Waals surface area (Å²) in [4.78, 5) is 8.99. The predicted molar refractivity (Wildman–Crippen MR) is 88.2 cm³/mol. The zero-order chi connectivity index (χ0) is 14.9. The smallest absolute Gasteiger partial charge is 0.126 e. The third-order valence-corrected chi connectivity index (χ3v) is 4.42. The zero-order valence-corrected chi connectivity index (χ0v) is 12.3. The number of pyridine rings is 1. The summed E-state index contributed by atoms with van der Waals surface area (Å²) in [5.41, 5.74) is 2.79. The average Bonchev–Trinajstić information content (AvgIpc) is 3.05. The summed E-state index contributed by atoms with van der Waals surface area (Å²) in [7, 11) is 0. The molecule has 0 bridgehead atoms. The van der Waals surface area contributed by atoms with Crippen molar-refractivity contribution in [3.05, 3.63) is 72.1 Å². The fourth-order valence-electron chi connectivity index (χ4n) is 2.44. The van der Waals surface area contributed by atoms with Crippen molar-refractivity contribution in [2.24, 2.45) is 0 Å². The fraction of sp³-hybridized carbons (Fsp3) is 0. The van der Waals surface area contributed by atoms with Crippen LogP contribution in [0.4, 0.5) is 4.39 Å². The van der Waals surface area contributed by atoms with Gasteiger partial charge in [-0.15, -0.1) is 11.3 Å². The molecule has 0 fully saturated rings. The van der Waals surface area contributed by atoms with Crippen LogP contribution >= 0.6 is 11.3 Å². The summed E-state index contributed by atoms with van der Waals surface area (Å²) in [5, 5.41) is 5.14. The zero-order valence-electron chi connectivity index (χ0n) is 11.5. The van der Waals surface area contributed by atoms with Gasteiger partial charge in [0, 0.05) is 34.3 Å². The monoisotopic (exact) mass is 306 g/mol. The van der Waals surface area contributed by atoms with E-state index in [4.69, 9.17) is 0 Å². The second kappa shape index (κ2) is 5.31. The van der Waals surface area contributed by atoms with Crippen molar-refractivity contribution < 1.29 is 4.39 Å². The number of benzene rings is 2. The molecule has 4 rings (SSSR count). The molecule has 2 heterocycles. The van der Waals surface area contributed by atoms with E-state index in [0.29, 0.717) is 0 Å². The highest BCUT2D eigenvalue weighted by Crippen LogP contribution is 2.32. The third-order valence-electron chi connectivity index (χ3n) is 3.54. The summed E-state index contributed by atoms with van der Waals surface area (Å²) in [6.07, 6.45) is 3.70. The Morgan fingerprint density at radius 3 is 2.59 bits per heavy atom. The maximum Gasteiger partial charge on any atom is 0.126 e. The van der Waals surface area contributed by atoms with Gasteiger partial charge in [0.05, 0.1) is 5.69 Å². The highest BCUT2D eigenvalue weighted by molar-refractivity contribution is 7.13. The van der Waals surface area contributed by atoms with E-state index in [2.05, 4.69) is 16.0 Å². The van der Waals surface area contributed by atoms with Crippen LogP contribution in [0.5, 0.6) is 0 Å². The molecule has 0 atom stereocenters. The Balaban J connectivity index is 1.82. The van der Waals surface area contributed by atoms with E-state index >= 15 is 0 Å². The number of fused-ring (bicyclic) bond motifs is 1. The maximum atomic E-state index is 13.0. The molecular formula is C18H11FN2S. The highest BCUT2D eigenvalue weighted by atomic mass is 32.1. The van der Waals surface area contributed by atoms with Crippen molar-refractivity contribution in [2.45, 2.75) is 0 Å². The Kier molecular flexibility index (Phi) is 3.16. The molecule has 0 radical (unpaired) electrons. The first-order valence-corrected chi connectivity index (χ1v) is 7.74. The van der Waals surface area contributed by atoms with Gasteiger partial charge in [-0.05, 0) is 29.7 Å². The van der Waals surface area contributed by atoms with Crippen LogP contribution in [-0.2, 0) is 0 Å². The molecule has 0 saturated carbocycles. The van der Waals surface area contributed by atoms with Crippen molar-refractivity contribution in [3.8, 4) is 21.8 Å². The lowest BCUT2D eigenvalue weighted by atomic mass is 10.1. The topological polar surface area (TPSA) is 25.8 Å². The average molecular weight is 306 g/mol. The summed E-state index contributed by atoms with van der Waals surface area (Å²) in [5.74, 6) is -0.238. The lowest BCUT2D eigenvalue weighted by Gasteiger charge is -2.02. The van der Waals surface area contributed by atoms with E-state index in [-0.39, 0.29) is 5.82 Å². The first-order chi connectivity index (χ1) is 10.8. The van der Waals surface area contributed by atoms with E-state index in [1.54, 1.807) is 23.5 Å². The lowest BCUT2D eigenvalue weighted by Crippen LogP contribution is -1.84. The lowest BCUT2D eigenvalue weighted by molar-refractivity contribution is 0.628. The number of aromatic nitrogens is 2. The Hall–Kier alpha value is -2.59. The van der Waals surface area contributed by atoms with E-state index in [1.807, 2.05) is 36.0 Å². The minimum Gasteiger partial charge on any atom is -0.263 e. The van der Waals surface area contributed by atoms with Gasteiger partial charge in [-0.25, -0.2) is 9.37 Å². The van der Waals surface area contributed by atoms with Crippen LogP contribution in [0.25, 0.3) is 32.6 Å². The third kappa shape index (κ3) is 2.27. The summed E-state index contributed by atoms with van der Waals surface area (Å²) >= 11 is 1.57. The van der Waals surface area contributed by atoms with Crippen molar-refractivity contribution in [1.82, 2.24) is 9.97 Å². The minimum atomic E-state index is -0.238. The molecule has 4 aromatic rings. The van der Waals surface area contributed by atoms with Crippen LogP contribution in [-0.4, -0.2) is 9.97 Å². The molecule has 4 heteroatoms. The maximum absolute atomic E-state index is 13.0. The van der Waals surface area contributed by atoms with Crippen molar-refractivity contribution >= 4 is 22.1 Å². The van der Waals surface area contributed by atoms with Gasteiger partial charge in [0.2, 0.25) is 0 Å². The van der Waals surface area contributed by atoms with Gasteiger partial charge >= 0.3 is 0 Å². The fourth-order valence-corrected chi connectivity index (χ4v) is 3.29. The van der Waals surface area contributed by atoms with Gasteiger partial charge in [0.1, 0.15) is 10.8 Å². The van der Waals surface area contributed by atoms with E-state index in [1.165, 1.54) is 12.1 Å². The van der Waals surface area contributed by atoms with E-state index in [9.17, 15) is 4.39 Å². The summed E-state index contributed by atoms with van der Waals surface area (Å²) in [6.45, 7) is 0. The van der Waals surface area contributed by atoms with Gasteiger partial charge in [0.15, 0.2) is 0 Å². The standard InChI is InChI=1S/C18H11FN2S/c19-14-7-5-12(6-8-14)17-11-22-18(21-17)16-10-20-9-13-3-1-2-4-15(13)16/h1-11H. The highest BCUT2D eigenvalue weighted by Gasteiger charge is 2.10. The van der Waals surface area contributed by atoms with Crippen LogP contribution in [0.15, 0.2) is 66.3 Å². The molecule has 106 valence electrons. The molecule has 2 aromatic carbocycles. The first kappa shape index (κ1) is 13.1. The normalized spacial score (nSPS) is 11.0. The number of thiazole rings is 1. The van der Waals surface area contributed by atoms with Crippen molar-refractivity contribution in [1.29, 1.82) is 0 Å². The number of hydrogen-bond donors (Lipinski definition) is 0. The first-order valence-electron chi connectivity index (χ1n) is 6.86. The number of nitrogens with zero attached hydrogens (tertiary/aromatic N) is 2. The van der Waals surface area contributed by atoms with Gasteiger partial charge in [-0.3, -0.25) is 4.98 Å². The molecule has 0 aliphatic heterocycles. The predicted octanol–water partition coefficient (Wildman–Crippen LogP) is 5.16. The number of hydrogen-bond acceptors (Lipinski definition) is 3. The molecule has 0 N–H and O–H groups in total. The van der Waals surface area contributed by atoms with Gasteiger partial charge in [0.25, 0.3) is 0 Å². The van der Waals surface area contributed by atoms with Crippen LogP contribution in [0.3, 0.4) is 0 Å². The molecule has 22 heavy (non-hydrogen) atoms. The van der Waals surface area contributed by atoms with Crippen LogP contribution in [0.2, 0.25) is 0 Å². The summed E-state index contributed by atoms with van der Waals surface area (Å²) < 4.78 is 13.0. The van der Waals surface area contributed by atoms with Crippen LogP contribution in [0.1, 0.15) is 0 Å². The minimum absolute atomic E-state index is 0.238. The summed E-state index contributed by atoms with van der Waals surface area (Å²) in [6, 6.07) is 14.5. The Labute approximate surface area is 130 Å². The molecule has 0 amide bonds. The van der Waals surface area contributed by atoms with E-state index < -0.39 is 0 Å². The Morgan fingerprint density at radius 2 is 1.73 bits per heavy atom. The Morgan fingerprint density at radius 1 is 0.909 bits per heavy atom. The van der Waals surface area contributed by atoms with Crippen LogP contribution in [0, 0.1) is 5.82 Å². The van der Waals surface area contributed by atoms with Crippen LogP contribution < -0.4 is 0 Å². The molecule has 0 unspecified atom stereocenters. The molecular weight excluding hydrogens is 295 g/mol. The number of halogens is 1. The molecule has 2 nitrogen and oxygen atoms in total. The van der Waals surface area contributed by atoms with Gasteiger partial charge < -0.3 is 0 Å². The quantitative estimate of drug-likeness (QED) is 0.511. The number of rotatable bonds is 2. The Bertz CT molecular complexity index is 939. The largest absolute Gasteiger partial charge is 0.263 e. The van der Waals surface area contributed by atoms with Crippen molar-refractivity contribution in [3.63, 3.8) is 0 Å². The molecule has 0 aliphatic rings.